The van der Waals surface area contributed by atoms with Crippen LogP contribution in [-0.4, -0.2) is 34.8 Å². The first kappa shape index (κ1) is 17.7. The Morgan fingerprint density at radius 2 is 2.00 bits per heavy atom. The molecule has 3 rings (SSSR count). The Morgan fingerprint density at radius 3 is 2.64 bits per heavy atom. The van der Waals surface area contributed by atoms with Crippen molar-refractivity contribution in [3.05, 3.63) is 36.2 Å². The third-order valence-electron chi connectivity index (χ3n) is 3.86. The van der Waals surface area contributed by atoms with Gasteiger partial charge < -0.3 is 10.3 Å². The number of fused-ring (bicyclic) bond motifs is 1. The predicted molar refractivity (Wildman–Crippen MR) is 96.9 cm³/mol. The SMILES string of the molecule is CCNc1ncc(C(F)(F)F)c(-c2c[nH]c3c(P(C)C)cccc23)n1. The molecule has 3 aromatic rings. The predicted octanol–water partition coefficient (Wildman–Crippen LogP) is 4.44. The standard InChI is InChI=1S/C17H18F3N4P/c1-4-21-16-23-9-12(17(18,19)20)14(24-16)11-8-22-15-10(11)6-5-7-13(15)25(2)3/h5-9,22H,4H2,1-3H3,(H,21,23,24). The van der Waals surface area contributed by atoms with E-state index in [2.05, 4.69) is 33.6 Å². The Balaban J connectivity index is 2.26. The number of rotatable bonds is 4. The van der Waals surface area contributed by atoms with E-state index in [1.54, 1.807) is 6.20 Å². The molecule has 0 bridgehead atoms. The fourth-order valence-corrected chi connectivity index (χ4v) is 3.76. The van der Waals surface area contributed by atoms with Gasteiger partial charge in [-0.1, -0.05) is 26.1 Å². The molecule has 2 heterocycles. The minimum Gasteiger partial charge on any atom is -0.360 e. The third-order valence-corrected chi connectivity index (χ3v) is 5.20. The first-order chi connectivity index (χ1) is 11.8. The van der Waals surface area contributed by atoms with Gasteiger partial charge in [-0.2, -0.15) is 13.2 Å². The van der Waals surface area contributed by atoms with Crippen molar-refractivity contribution in [2.24, 2.45) is 0 Å². The van der Waals surface area contributed by atoms with Crippen LogP contribution in [0.15, 0.2) is 30.6 Å². The highest BCUT2D eigenvalue weighted by molar-refractivity contribution is 7.64. The van der Waals surface area contributed by atoms with Gasteiger partial charge in [-0.3, -0.25) is 0 Å². The molecular weight excluding hydrogens is 348 g/mol. The number of H-pyrrole nitrogens is 1. The van der Waals surface area contributed by atoms with Gasteiger partial charge in [0.05, 0.1) is 11.2 Å². The molecule has 132 valence electrons. The van der Waals surface area contributed by atoms with Crippen LogP contribution in [0.5, 0.6) is 0 Å². The van der Waals surface area contributed by atoms with Gasteiger partial charge >= 0.3 is 6.18 Å². The largest absolute Gasteiger partial charge is 0.419 e. The van der Waals surface area contributed by atoms with E-state index in [9.17, 15) is 13.2 Å². The van der Waals surface area contributed by atoms with E-state index < -0.39 is 19.7 Å². The summed E-state index contributed by atoms with van der Waals surface area (Å²) in [5, 5.41) is 4.72. The molecule has 0 saturated carbocycles. The zero-order chi connectivity index (χ0) is 18.2. The smallest absolute Gasteiger partial charge is 0.360 e. The summed E-state index contributed by atoms with van der Waals surface area (Å²) >= 11 is 0. The van der Waals surface area contributed by atoms with Crippen molar-refractivity contribution in [1.29, 1.82) is 0 Å². The van der Waals surface area contributed by atoms with E-state index in [4.69, 9.17) is 0 Å². The summed E-state index contributed by atoms with van der Waals surface area (Å²) in [6, 6.07) is 5.69. The number of benzene rings is 1. The third kappa shape index (κ3) is 3.33. The average Bonchev–Trinajstić information content (AvgIpc) is 2.97. The monoisotopic (exact) mass is 366 g/mol. The molecule has 0 atom stereocenters. The van der Waals surface area contributed by atoms with Crippen LogP contribution in [0.1, 0.15) is 12.5 Å². The first-order valence-corrected chi connectivity index (χ1v) is 10.0. The van der Waals surface area contributed by atoms with Gasteiger partial charge in [-0.05, 0) is 25.6 Å². The Kier molecular flexibility index (Phi) is 4.69. The lowest BCUT2D eigenvalue weighted by Gasteiger charge is -2.13. The zero-order valence-corrected chi connectivity index (χ0v) is 15.0. The summed E-state index contributed by atoms with van der Waals surface area (Å²) < 4.78 is 40.4. The average molecular weight is 366 g/mol. The van der Waals surface area contributed by atoms with Crippen molar-refractivity contribution in [2.45, 2.75) is 13.1 Å². The number of aromatic nitrogens is 3. The van der Waals surface area contributed by atoms with Crippen LogP contribution in [0.4, 0.5) is 19.1 Å². The molecule has 0 aliphatic heterocycles. The van der Waals surface area contributed by atoms with Crippen LogP contribution in [0.25, 0.3) is 22.2 Å². The lowest BCUT2D eigenvalue weighted by molar-refractivity contribution is -0.137. The van der Waals surface area contributed by atoms with Gasteiger partial charge in [0.25, 0.3) is 0 Å². The Bertz CT molecular complexity index is 903. The molecule has 2 N–H and O–H groups in total. The molecular formula is C17H18F3N4P. The second kappa shape index (κ2) is 6.64. The maximum atomic E-state index is 13.5. The molecule has 0 spiro atoms. The van der Waals surface area contributed by atoms with Gasteiger partial charge in [0.1, 0.15) is 5.56 Å². The molecule has 8 heteroatoms. The number of hydrogen-bond donors (Lipinski definition) is 2. The molecule has 2 aromatic heterocycles. The molecule has 1 aromatic carbocycles. The second-order valence-corrected chi connectivity index (χ2v) is 8.05. The molecule has 0 aliphatic rings. The Hall–Kier alpha value is -2.14. The highest BCUT2D eigenvalue weighted by Gasteiger charge is 2.36. The van der Waals surface area contributed by atoms with Gasteiger partial charge in [-0.25, -0.2) is 9.97 Å². The quantitative estimate of drug-likeness (QED) is 0.671. The highest BCUT2D eigenvalue weighted by Crippen LogP contribution is 2.39. The maximum absolute atomic E-state index is 13.5. The lowest BCUT2D eigenvalue weighted by atomic mass is 10.1. The molecule has 0 saturated heterocycles. The number of hydrogen-bond acceptors (Lipinski definition) is 3. The molecule has 0 fully saturated rings. The number of anilines is 1. The number of halogens is 3. The van der Waals surface area contributed by atoms with Crippen LogP contribution in [0.2, 0.25) is 0 Å². The fraction of sp³-hybridized carbons (Fsp3) is 0.294. The number of para-hydroxylation sites is 1. The van der Waals surface area contributed by atoms with Crippen molar-refractivity contribution in [3.8, 4) is 11.3 Å². The number of nitrogens with one attached hydrogen (secondary N) is 2. The Labute approximate surface area is 144 Å². The lowest BCUT2D eigenvalue weighted by Crippen LogP contribution is -2.12. The van der Waals surface area contributed by atoms with E-state index in [-0.39, 0.29) is 11.6 Å². The zero-order valence-electron chi connectivity index (χ0n) is 14.1. The van der Waals surface area contributed by atoms with Crippen LogP contribution >= 0.6 is 7.92 Å². The van der Waals surface area contributed by atoms with Gasteiger partial charge in [0, 0.05) is 29.9 Å². The van der Waals surface area contributed by atoms with E-state index in [0.717, 1.165) is 22.4 Å². The topological polar surface area (TPSA) is 53.6 Å². The van der Waals surface area contributed by atoms with Crippen LogP contribution in [0.3, 0.4) is 0 Å². The highest BCUT2D eigenvalue weighted by atomic mass is 31.1. The van der Waals surface area contributed by atoms with Crippen LogP contribution < -0.4 is 10.6 Å². The summed E-state index contributed by atoms with van der Waals surface area (Å²) in [6.45, 7) is 6.59. The van der Waals surface area contributed by atoms with Gasteiger partial charge in [0.15, 0.2) is 0 Å². The van der Waals surface area contributed by atoms with Crippen molar-refractivity contribution in [3.63, 3.8) is 0 Å². The van der Waals surface area contributed by atoms with Crippen molar-refractivity contribution < 1.29 is 13.2 Å². The van der Waals surface area contributed by atoms with Gasteiger partial charge in [-0.15, -0.1) is 0 Å². The molecule has 0 radical (unpaired) electrons. The second-order valence-electron chi connectivity index (χ2n) is 5.78. The molecule has 25 heavy (non-hydrogen) atoms. The van der Waals surface area contributed by atoms with Crippen LogP contribution in [-0.2, 0) is 6.18 Å². The van der Waals surface area contributed by atoms with Crippen LogP contribution in [0, 0.1) is 0 Å². The van der Waals surface area contributed by atoms with Gasteiger partial charge in [0.2, 0.25) is 5.95 Å². The molecule has 0 aliphatic carbocycles. The number of aromatic amines is 1. The minimum absolute atomic E-state index is 0.113. The maximum Gasteiger partial charge on any atom is 0.419 e. The fourth-order valence-electron chi connectivity index (χ4n) is 2.74. The number of nitrogens with zero attached hydrogens (tertiary/aromatic N) is 2. The molecule has 0 amide bonds. The van der Waals surface area contributed by atoms with Crippen molar-refractivity contribution in [2.75, 3.05) is 25.2 Å². The van der Waals surface area contributed by atoms with E-state index >= 15 is 0 Å². The summed E-state index contributed by atoms with van der Waals surface area (Å²) in [4.78, 5) is 11.1. The minimum atomic E-state index is -4.52. The van der Waals surface area contributed by atoms with E-state index in [1.807, 2.05) is 25.1 Å². The van der Waals surface area contributed by atoms with Crippen molar-refractivity contribution in [1.82, 2.24) is 15.0 Å². The van der Waals surface area contributed by atoms with Crippen molar-refractivity contribution >= 4 is 30.1 Å². The summed E-state index contributed by atoms with van der Waals surface area (Å²) in [5.74, 6) is 0.184. The number of alkyl halides is 3. The summed E-state index contributed by atoms with van der Waals surface area (Å²) in [6.07, 6.45) is -2.08. The Morgan fingerprint density at radius 1 is 1.24 bits per heavy atom. The van der Waals surface area contributed by atoms with E-state index in [1.165, 1.54) is 0 Å². The molecule has 4 nitrogen and oxygen atoms in total. The summed E-state index contributed by atoms with van der Waals surface area (Å²) in [7, 11) is -0.392. The molecule has 0 unspecified atom stereocenters. The first-order valence-electron chi connectivity index (χ1n) is 7.78. The normalized spacial score (nSPS) is 12.1. The summed E-state index contributed by atoms with van der Waals surface area (Å²) in [5.41, 5.74) is 0.349. The van der Waals surface area contributed by atoms with E-state index in [0.29, 0.717) is 12.1 Å².